The Morgan fingerprint density at radius 1 is 1.22 bits per heavy atom. The summed E-state index contributed by atoms with van der Waals surface area (Å²) in [7, 11) is 4.10. The molecule has 1 aromatic carbocycles. The van der Waals surface area contributed by atoms with Gasteiger partial charge in [-0.15, -0.1) is 0 Å². The highest BCUT2D eigenvalue weighted by atomic mass is 35.5. The molecule has 1 N–H and O–H groups in total. The Morgan fingerprint density at radius 2 is 1.78 bits per heavy atom. The standard InChI is InChI=1S/C15H22ClNO/c1-11(18)14(17(2)3)15(9-4-10-15)12-5-7-13(16)8-6-12/h5-8,11,14,18H,4,9-10H2,1-3H3. The molecule has 1 aromatic rings. The lowest BCUT2D eigenvalue weighted by Crippen LogP contribution is -2.57. The fourth-order valence-electron chi connectivity index (χ4n) is 3.48. The number of aliphatic hydroxyl groups excluding tert-OH is 1. The lowest BCUT2D eigenvalue weighted by molar-refractivity contribution is 0.00305. The number of aliphatic hydroxyl groups is 1. The molecule has 1 saturated carbocycles. The van der Waals surface area contributed by atoms with Crippen molar-refractivity contribution in [1.29, 1.82) is 0 Å². The number of likely N-dealkylation sites (N-methyl/N-ethyl adjacent to an activating group) is 1. The second-order valence-electron chi connectivity index (χ2n) is 5.67. The highest BCUT2D eigenvalue weighted by Gasteiger charge is 2.48. The van der Waals surface area contributed by atoms with E-state index in [-0.39, 0.29) is 17.6 Å². The van der Waals surface area contributed by atoms with E-state index in [1.807, 2.05) is 33.2 Å². The van der Waals surface area contributed by atoms with Crippen LogP contribution in [0.4, 0.5) is 0 Å². The van der Waals surface area contributed by atoms with Crippen molar-refractivity contribution < 1.29 is 5.11 Å². The maximum absolute atomic E-state index is 10.1. The molecule has 3 heteroatoms. The first-order valence-corrected chi connectivity index (χ1v) is 6.96. The number of benzene rings is 1. The zero-order valence-corrected chi connectivity index (χ0v) is 12.1. The fourth-order valence-corrected chi connectivity index (χ4v) is 3.61. The molecule has 2 nitrogen and oxygen atoms in total. The largest absolute Gasteiger partial charge is 0.392 e. The predicted molar refractivity (Wildman–Crippen MR) is 76.1 cm³/mol. The van der Waals surface area contributed by atoms with Gasteiger partial charge in [-0.1, -0.05) is 30.2 Å². The van der Waals surface area contributed by atoms with E-state index in [0.29, 0.717) is 0 Å². The third kappa shape index (κ3) is 2.29. The number of nitrogens with zero attached hydrogens (tertiary/aromatic N) is 1. The summed E-state index contributed by atoms with van der Waals surface area (Å²) in [5.74, 6) is 0. The van der Waals surface area contributed by atoms with Gasteiger partial charge in [0.05, 0.1) is 6.10 Å². The number of rotatable bonds is 4. The molecule has 0 saturated heterocycles. The van der Waals surface area contributed by atoms with Crippen molar-refractivity contribution >= 4 is 11.6 Å². The van der Waals surface area contributed by atoms with Gasteiger partial charge < -0.3 is 10.0 Å². The van der Waals surface area contributed by atoms with Crippen LogP contribution in [0.15, 0.2) is 24.3 Å². The lowest BCUT2D eigenvalue weighted by Gasteiger charge is -2.52. The van der Waals surface area contributed by atoms with Crippen molar-refractivity contribution in [1.82, 2.24) is 4.90 Å². The SMILES string of the molecule is CC(O)C(N(C)C)C1(c2ccc(Cl)cc2)CCC1. The van der Waals surface area contributed by atoms with Crippen LogP contribution in [-0.2, 0) is 5.41 Å². The van der Waals surface area contributed by atoms with Crippen LogP contribution in [-0.4, -0.2) is 36.2 Å². The predicted octanol–water partition coefficient (Wildman–Crippen LogP) is 3.07. The fraction of sp³-hybridized carbons (Fsp3) is 0.600. The van der Waals surface area contributed by atoms with Gasteiger partial charge in [-0.2, -0.15) is 0 Å². The quantitative estimate of drug-likeness (QED) is 0.906. The molecule has 0 spiro atoms. The van der Waals surface area contributed by atoms with Crippen molar-refractivity contribution in [3.8, 4) is 0 Å². The molecular weight excluding hydrogens is 246 g/mol. The molecule has 1 aliphatic carbocycles. The van der Waals surface area contributed by atoms with Crippen molar-refractivity contribution in [2.75, 3.05) is 14.1 Å². The minimum absolute atomic E-state index is 0.0856. The summed E-state index contributed by atoms with van der Waals surface area (Å²) in [6.45, 7) is 1.89. The van der Waals surface area contributed by atoms with Gasteiger partial charge in [-0.25, -0.2) is 0 Å². The number of hydrogen-bond acceptors (Lipinski definition) is 2. The van der Waals surface area contributed by atoms with Gasteiger partial charge in [-0.05, 0) is 51.6 Å². The molecule has 0 aliphatic heterocycles. The Morgan fingerprint density at radius 3 is 2.11 bits per heavy atom. The van der Waals surface area contributed by atoms with E-state index in [2.05, 4.69) is 17.0 Å². The highest BCUT2D eigenvalue weighted by Crippen LogP contribution is 2.48. The van der Waals surface area contributed by atoms with Gasteiger partial charge in [0, 0.05) is 16.5 Å². The minimum atomic E-state index is -0.337. The first-order valence-electron chi connectivity index (χ1n) is 6.58. The number of hydrogen-bond donors (Lipinski definition) is 1. The Bertz CT molecular complexity index is 387. The van der Waals surface area contributed by atoms with Gasteiger partial charge in [-0.3, -0.25) is 0 Å². The molecule has 1 fully saturated rings. The van der Waals surface area contributed by atoms with Crippen LogP contribution >= 0.6 is 11.6 Å². The van der Waals surface area contributed by atoms with Crippen LogP contribution in [0.3, 0.4) is 0 Å². The van der Waals surface area contributed by atoms with E-state index in [1.54, 1.807) is 0 Å². The average molecular weight is 268 g/mol. The molecule has 2 rings (SSSR count). The molecule has 2 unspecified atom stereocenters. The molecule has 0 radical (unpaired) electrons. The topological polar surface area (TPSA) is 23.5 Å². The zero-order chi connectivity index (χ0) is 13.3. The Kier molecular flexibility index (Phi) is 4.00. The van der Waals surface area contributed by atoms with Crippen LogP contribution in [0.1, 0.15) is 31.7 Å². The van der Waals surface area contributed by atoms with Gasteiger partial charge in [0.25, 0.3) is 0 Å². The van der Waals surface area contributed by atoms with Crippen LogP contribution < -0.4 is 0 Å². The molecule has 2 atom stereocenters. The van der Waals surface area contributed by atoms with E-state index in [0.717, 1.165) is 17.9 Å². The summed E-state index contributed by atoms with van der Waals surface area (Å²) in [6.07, 6.45) is 3.18. The Labute approximate surface area is 115 Å². The van der Waals surface area contributed by atoms with Crippen LogP contribution in [0, 0.1) is 0 Å². The average Bonchev–Trinajstić information content (AvgIpc) is 2.23. The van der Waals surface area contributed by atoms with Gasteiger partial charge in [0.1, 0.15) is 0 Å². The van der Waals surface area contributed by atoms with Crippen LogP contribution in [0.5, 0.6) is 0 Å². The smallest absolute Gasteiger partial charge is 0.0675 e. The van der Waals surface area contributed by atoms with Crippen LogP contribution in [0.2, 0.25) is 5.02 Å². The number of halogens is 1. The summed E-state index contributed by atoms with van der Waals surface area (Å²) in [6, 6.07) is 8.28. The van der Waals surface area contributed by atoms with Crippen molar-refractivity contribution in [3.05, 3.63) is 34.9 Å². The monoisotopic (exact) mass is 267 g/mol. The molecule has 0 bridgehead atoms. The summed E-state index contributed by atoms with van der Waals surface area (Å²) < 4.78 is 0. The van der Waals surface area contributed by atoms with Gasteiger partial charge >= 0.3 is 0 Å². The zero-order valence-electron chi connectivity index (χ0n) is 11.4. The normalized spacial score (nSPS) is 21.4. The first-order chi connectivity index (χ1) is 8.47. The Hall–Kier alpha value is -0.570. The second kappa shape index (κ2) is 5.20. The van der Waals surface area contributed by atoms with Gasteiger partial charge in [0.2, 0.25) is 0 Å². The molecule has 1 aliphatic rings. The van der Waals surface area contributed by atoms with E-state index in [1.165, 1.54) is 12.0 Å². The summed E-state index contributed by atoms with van der Waals surface area (Å²) in [5, 5.41) is 10.9. The summed E-state index contributed by atoms with van der Waals surface area (Å²) in [5.41, 5.74) is 1.39. The minimum Gasteiger partial charge on any atom is -0.392 e. The third-order valence-corrected chi connectivity index (χ3v) is 4.50. The maximum Gasteiger partial charge on any atom is 0.0675 e. The third-order valence-electron chi connectivity index (χ3n) is 4.24. The van der Waals surface area contributed by atoms with E-state index in [4.69, 9.17) is 11.6 Å². The molecule has 0 heterocycles. The summed E-state index contributed by atoms with van der Waals surface area (Å²) in [4.78, 5) is 2.15. The first kappa shape index (κ1) is 13.9. The van der Waals surface area contributed by atoms with Crippen molar-refractivity contribution in [2.45, 2.75) is 43.7 Å². The summed E-state index contributed by atoms with van der Waals surface area (Å²) >= 11 is 5.97. The molecule has 0 aromatic heterocycles. The van der Waals surface area contributed by atoms with Crippen molar-refractivity contribution in [3.63, 3.8) is 0 Å². The van der Waals surface area contributed by atoms with Crippen LogP contribution in [0.25, 0.3) is 0 Å². The van der Waals surface area contributed by atoms with Crippen molar-refractivity contribution in [2.24, 2.45) is 0 Å². The van der Waals surface area contributed by atoms with E-state index >= 15 is 0 Å². The molecule has 0 amide bonds. The van der Waals surface area contributed by atoms with E-state index in [9.17, 15) is 5.11 Å². The van der Waals surface area contributed by atoms with Gasteiger partial charge in [0.15, 0.2) is 0 Å². The highest BCUT2D eigenvalue weighted by molar-refractivity contribution is 6.30. The van der Waals surface area contributed by atoms with E-state index < -0.39 is 0 Å². The Balaban J connectivity index is 2.38. The molecule has 100 valence electrons. The maximum atomic E-state index is 10.1. The second-order valence-corrected chi connectivity index (χ2v) is 6.10. The lowest BCUT2D eigenvalue weighted by atomic mass is 9.58. The molecular formula is C15H22ClNO. The molecule has 18 heavy (non-hydrogen) atoms.